The average Bonchev–Trinajstić information content (AvgIpc) is 3.06. The molecule has 1 heterocycles. The number of nitrogens with zero attached hydrogens (tertiary/aromatic N) is 2. The van der Waals surface area contributed by atoms with E-state index in [4.69, 9.17) is 26.2 Å². The fraction of sp³-hybridized carbons (Fsp3) is 0.105. The molecule has 0 atom stereocenters. The van der Waals surface area contributed by atoms with Gasteiger partial charge >= 0.3 is 5.97 Å². The number of nitro groups is 1. The SMILES string of the molecule is COc1cc(/C=C2/SC(=Nc3ccc(Cl)cc3[N+](=O)[O-])NC2=O)ccc1OCC(=O)O. The van der Waals surface area contributed by atoms with Gasteiger partial charge in [-0.15, -0.1) is 0 Å². The first-order chi connectivity index (χ1) is 14.8. The lowest BCUT2D eigenvalue weighted by molar-refractivity contribution is -0.384. The van der Waals surface area contributed by atoms with E-state index in [-0.39, 0.29) is 27.3 Å². The number of aliphatic carboxylic acids is 1. The predicted molar refractivity (Wildman–Crippen MR) is 115 cm³/mol. The van der Waals surface area contributed by atoms with E-state index in [1.165, 1.54) is 31.4 Å². The van der Waals surface area contributed by atoms with Gasteiger partial charge in [0.15, 0.2) is 23.3 Å². The Morgan fingerprint density at radius 2 is 2.10 bits per heavy atom. The Kier molecular flexibility index (Phi) is 6.78. The summed E-state index contributed by atoms with van der Waals surface area (Å²) in [6.07, 6.45) is 1.57. The van der Waals surface area contributed by atoms with Crippen LogP contribution in [0.3, 0.4) is 0 Å². The molecule has 31 heavy (non-hydrogen) atoms. The zero-order valence-corrected chi connectivity index (χ0v) is 17.4. The van der Waals surface area contributed by atoms with Gasteiger partial charge in [-0.25, -0.2) is 9.79 Å². The van der Waals surface area contributed by atoms with Gasteiger partial charge in [-0.2, -0.15) is 0 Å². The molecule has 1 amide bonds. The number of amidine groups is 1. The summed E-state index contributed by atoms with van der Waals surface area (Å²) in [4.78, 5) is 38.0. The molecule has 1 fully saturated rings. The summed E-state index contributed by atoms with van der Waals surface area (Å²) < 4.78 is 10.3. The first-order valence-corrected chi connectivity index (χ1v) is 9.72. The number of benzene rings is 2. The number of carboxylic acid groups (broad SMARTS) is 1. The molecular weight excluding hydrogens is 450 g/mol. The standard InChI is InChI=1S/C19H14ClN3O7S/c1-29-15-6-10(2-5-14(15)30-9-17(24)25)7-16-18(26)22-19(31-16)21-12-4-3-11(20)8-13(12)23(27)28/h2-8H,9H2,1H3,(H,24,25)(H,21,22,26)/b16-7+. The van der Waals surface area contributed by atoms with Crippen molar-refractivity contribution in [3.05, 3.63) is 62.0 Å². The van der Waals surface area contributed by atoms with Gasteiger partial charge in [-0.05, 0) is 47.7 Å². The summed E-state index contributed by atoms with van der Waals surface area (Å²) in [7, 11) is 1.40. The molecule has 1 saturated heterocycles. The number of hydrogen-bond acceptors (Lipinski definition) is 8. The third-order valence-corrected chi connectivity index (χ3v) is 4.99. The molecule has 0 unspecified atom stereocenters. The van der Waals surface area contributed by atoms with E-state index in [0.717, 1.165) is 11.8 Å². The summed E-state index contributed by atoms with van der Waals surface area (Å²) in [5.74, 6) is -1.01. The molecule has 1 aliphatic rings. The van der Waals surface area contributed by atoms with Gasteiger partial charge in [0, 0.05) is 11.1 Å². The molecule has 2 aromatic rings. The average molecular weight is 464 g/mol. The molecule has 0 spiro atoms. The zero-order valence-electron chi connectivity index (χ0n) is 15.8. The normalized spacial score (nSPS) is 15.7. The minimum absolute atomic E-state index is 0.0556. The van der Waals surface area contributed by atoms with Crippen LogP contribution in [-0.4, -0.2) is 40.8 Å². The third kappa shape index (κ3) is 5.53. The number of carbonyl (C=O) groups is 2. The Morgan fingerprint density at radius 1 is 1.32 bits per heavy atom. The number of carbonyl (C=O) groups excluding carboxylic acids is 1. The maximum Gasteiger partial charge on any atom is 0.341 e. The molecule has 0 bridgehead atoms. The smallest absolute Gasteiger partial charge is 0.341 e. The summed E-state index contributed by atoms with van der Waals surface area (Å²) in [5.41, 5.74) is 0.366. The molecule has 0 aliphatic carbocycles. The maximum atomic E-state index is 12.3. The van der Waals surface area contributed by atoms with Crippen LogP contribution in [0.4, 0.5) is 11.4 Å². The van der Waals surface area contributed by atoms with Crippen LogP contribution in [0.2, 0.25) is 5.02 Å². The highest BCUT2D eigenvalue weighted by molar-refractivity contribution is 8.18. The Hall–Kier alpha value is -3.57. The van der Waals surface area contributed by atoms with Gasteiger partial charge in [-0.1, -0.05) is 17.7 Å². The van der Waals surface area contributed by atoms with E-state index >= 15 is 0 Å². The second-order valence-electron chi connectivity index (χ2n) is 5.96. The van der Waals surface area contributed by atoms with Crippen LogP contribution in [0, 0.1) is 10.1 Å². The minimum atomic E-state index is -1.12. The van der Waals surface area contributed by atoms with Gasteiger partial charge in [0.2, 0.25) is 0 Å². The van der Waals surface area contributed by atoms with Crippen molar-refractivity contribution < 1.29 is 29.1 Å². The molecule has 12 heteroatoms. The van der Waals surface area contributed by atoms with E-state index in [0.29, 0.717) is 16.2 Å². The van der Waals surface area contributed by atoms with Gasteiger partial charge in [-0.3, -0.25) is 14.9 Å². The summed E-state index contributed by atoms with van der Waals surface area (Å²) in [6.45, 7) is -0.522. The zero-order chi connectivity index (χ0) is 22.5. The first-order valence-electron chi connectivity index (χ1n) is 8.53. The first kappa shape index (κ1) is 22.1. The van der Waals surface area contributed by atoms with Gasteiger partial charge in [0.05, 0.1) is 16.9 Å². The van der Waals surface area contributed by atoms with Crippen LogP contribution < -0.4 is 14.8 Å². The van der Waals surface area contributed by atoms with Crippen molar-refractivity contribution in [3.8, 4) is 11.5 Å². The number of rotatable bonds is 7. The number of nitro benzene ring substituents is 1. The number of hydrogen-bond donors (Lipinski definition) is 2. The van der Waals surface area contributed by atoms with E-state index in [2.05, 4.69) is 10.3 Å². The predicted octanol–water partition coefficient (Wildman–Crippen LogP) is 3.61. The quantitative estimate of drug-likeness (QED) is 0.360. The number of aliphatic imine (C=N–C) groups is 1. The number of methoxy groups -OCH3 is 1. The van der Waals surface area contributed by atoms with Gasteiger partial charge in [0.1, 0.15) is 5.69 Å². The fourth-order valence-electron chi connectivity index (χ4n) is 2.51. The van der Waals surface area contributed by atoms with Crippen LogP contribution in [0.15, 0.2) is 46.3 Å². The lowest BCUT2D eigenvalue weighted by atomic mass is 10.2. The van der Waals surface area contributed by atoms with Gasteiger partial charge in [0.25, 0.3) is 11.6 Å². The second-order valence-corrected chi connectivity index (χ2v) is 7.43. The monoisotopic (exact) mass is 463 g/mol. The van der Waals surface area contributed by atoms with E-state index in [9.17, 15) is 19.7 Å². The van der Waals surface area contributed by atoms with Crippen LogP contribution in [0.1, 0.15) is 5.56 Å². The molecular formula is C19H14ClN3O7S. The van der Waals surface area contributed by atoms with Crippen molar-refractivity contribution in [3.63, 3.8) is 0 Å². The minimum Gasteiger partial charge on any atom is -0.493 e. The van der Waals surface area contributed by atoms with E-state index in [1.54, 1.807) is 18.2 Å². The third-order valence-electron chi connectivity index (χ3n) is 3.84. The number of nitrogens with one attached hydrogen (secondary N) is 1. The maximum absolute atomic E-state index is 12.3. The van der Waals surface area contributed by atoms with E-state index < -0.39 is 23.4 Å². The number of ether oxygens (including phenoxy) is 2. The Balaban J connectivity index is 1.84. The largest absolute Gasteiger partial charge is 0.493 e. The fourth-order valence-corrected chi connectivity index (χ4v) is 3.51. The topological polar surface area (TPSA) is 140 Å². The molecule has 0 radical (unpaired) electrons. The molecule has 0 saturated carbocycles. The second kappa shape index (κ2) is 9.49. The van der Waals surface area contributed by atoms with Crippen molar-refractivity contribution in [2.24, 2.45) is 4.99 Å². The lowest BCUT2D eigenvalue weighted by Crippen LogP contribution is -2.19. The van der Waals surface area contributed by atoms with Crippen LogP contribution >= 0.6 is 23.4 Å². The number of halogens is 1. The highest BCUT2D eigenvalue weighted by Crippen LogP contribution is 2.35. The Bertz CT molecular complexity index is 1130. The molecule has 3 rings (SSSR count). The molecule has 10 nitrogen and oxygen atoms in total. The highest BCUT2D eigenvalue weighted by atomic mass is 35.5. The van der Waals surface area contributed by atoms with Crippen LogP contribution in [0.5, 0.6) is 11.5 Å². The molecule has 160 valence electrons. The van der Waals surface area contributed by atoms with Crippen LogP contribution in [0.25, 0.3) is 6.08 Å². The van der Waals surface area contributed by atoms with Crippen LogP contribution in [-0.2, 0) is 9.59 Å². The summed E-state index contributed by atoms with van der Waals surface area (Å²) in [6, 6.07) is 8.77. The van der Waals surface area contributed by atoms with Crippen molar-refractivity contribution in [1.82, 2.24) is 5.32 Å². The van der Waals surface area contributed by atoms with E-state index in [1.807, 2.05) is 0 Å². The molecule has 2 aromatic carbocycles. The van der Waals surface area contributed by atoms with Crippen molar-refractivity contribution in [1.29, 1.82) is 0 Å². The van der Waals surface area contributed by atoms with Crippen molar-refractivity contribution >= 4 is 57.9 Å². The molecule has 2 N–H and O–H groups in total. The molecule has 1 aliphatic heterocycles. The molecule has 0 aromatic heterocycles. The summed E-state index contributed by atoms with van der Waals surface area (Å²) in [5, 5.41) is 22.9. The van der Waals surface area contributed by atoms with Crippen molar-refractivity contribution in [2.45, 2.75) is 0 Å². The van der Waals surface area contributed by atoms with Crippen molar-refractivity contribution in [2.75, 3.05) is 13.7 Å². The lowest BCUT2D eigenvalue weighted by Gasteiger charge is -2.09. The van der Waals surface area contributed by atoms with Gasteiger partial charge < -0.3 is 19.9 Å². The summed E-state index contributed by atoms with van der Waals surface area (Å²) >= 11 is 6.81. The Labute approximate surface area is 184 Å². The highest BCUT2D eigenvalue weighted by Gasteiger charge is 2.25. The number of carboxylic acids is 1. The number of thioether (sulfide) groups is 1. The number of amides is 1. The Morgan fingerprint density at radius 3 is 2.77 bits per heavy atom.